The van der Waals surface area contributed by atoms with Crippen LogP contribution in [0.5, 0.6) is 0 Å². The summed E-state index contributed by atoms with van der Waals surface area (Å²) in [7, 11) is 0. The zero-order valence-electron chi connectivity index (χ0n) is 5.97. The first-order valence-corrected chi connectivity index (χ1v) is 4.53. The second-order valence-electron chi connectivity index (χ2n) is 2.40. The maximum Gasteiger partial charge on any atom is 0.100 e. The molecule has 0 unspecified atom stereocenters. The summed E-state index contributed by atoms with van der Waals surface area (Å²) in [4.78, 5) is 4.17. The van der Waals surface area contributed by atoms with E-state index >= 15 is 0 Å². The molecule has 0 N–H and O–H groups in total. The van der Waals surface area contributed by atoms with E-state index in [1.54, 1.807) is 11.3 Å². The van der Waals surface area contributed by atoms with Gasteiger partial charge < -0.3 is 0 Å². The van der Waals surface area contributed by atoms with E-state index in [9.17, 15) is 0 Å². The normalized spacial score (nSPS) is 10.7. The van der Waals surface area contributed by atoms with Crippen LogP contribution in [0.3, 0.4) is 0 Å². The monoisotopic (exact) mass is 183 g/mol. The Bertz CT molecular complexity index is 394. The van der Waals surface area contributed by atoms with E-state index < -0.39 is 0 Å². The highest BCUT2D eigenvalue weighted by Gasteiger charge is 2.02. The van der Waals surface area contributed by atoms with Gasteiger partial charge in [0.1, 0.15) is 5.52 Å². The number of fused-ring (bicyclic) bond motifs is 1. The molecular formula is C8H6ClNS. The number of hydrogen-bond acceptors (Lipinski definition) is 2. The standard InChI is InChI=1S/C8H6ClNS/c1-5-2-3-6-8(7(5)9)10-4-11-6/h2-4H,1H3. The molecule has 0 amide bonds. The number of hydrogen-bond donors (Lipinski definition) is 0. The molecule has 2 rings (SSSR count). The Kier molecular flexibility index (Phi) is 1.59. The summed E-state index contributed by atoms with van der Waals surface area (Å²) in [6, 6.07) is 4.07. The SMILES string of the molecule is Cc1ccc2scnc2c1Cl. The first-order chi connectivity index (χ1) is 5.29. The number of thiazole rings is 1. The lowest BCUT2D eigenvalue weighted by atomic mass is 10.2. The summed E-state index contributed by atoms with van der Waals surface area (Å²) in [5.41, 5.74) is 3.83. The maximum atomic E-state index is 6.01. The van der Waals surface area contributed by atoms with Gasteiger partial charge in [0.15, 0.2) is 0 Å². The average molecular weight is 184 g/mol. The van der Waals surface area contributed by atoms with Crippen LogP contribution in [-0.4, -0.2) is 4.98 Å². The predicted molar refractivity (Wildman–Crippen MR) is 49.4 cm³/mol. The smallest absolute Gasteiger partial charge is 0.100 e. The molecule has 1 nitrogen and oxygen atoms in total. The van der Waals surface area contributed by atoms with E-state index in [4.69, 9.17) is 11.6 Å². The van der Waals surface area contributed by atoms with E-state index in [0.29, 0.717) is 0 Å². The summed E-state index contributed by atoms with van der Waals surface area (Å²) >= 11 is 7.63. The van der Waals surface area contributed by atoms with Crippen LogP contribution < -0.4 is 0 Å². The van der Waals surface area contributed by atoms with E-state index in [0.717, 1.165) is 20.8 Å². The highest BCUT2D eigenvalue weighted by atomic mass is 35.5. The number of halogens is 1. The number of rotatable bonds is 0. The molecule has 0 radical (unpaired) electrons. The van der Waals surface area contributed by atoms with Gasteiger partial charge in [-0.3, -0.25) is 0 Å². The van der Waals surface area contributed by atoms with Crippen LogP contribution in [0.4, 0.5) is 0 Å². The molecule has 0 saturated carbocycles. The van der Waals surface area contributed by atoms with Gasteiger partial charge in [0, 0.05) is 0 Å². The van der Waals surface area contributed by atoms with Crippen molar-refractivity contribution >= 4 is 33.2 Å². The fourth-order valence-electron chi connectivity index (χ4n) is 0.999. The average Bonchev–Trinajstić information content (AvgIpc) is 2.45. The molecule has 0 aliphatic heterocycles. The first-order valence-electron chi connectivity index (χ1n) is 3.27. The topological polar surface area (TPSA) is 12.9 Å². The molecule has 2 aromatic rings. The summed E-state index contributed by atoms with van der Waals surface area (Å²) in [6.45, 7) is 1.99. The lowest BCUT2D eigenvalue weighted by molar-refractivity contribution is 1.45. The van der Waals surface area contributed by atoms with Crippen LogP contribution >= 0.6 is 22.9 Å². The van der Waals surface area contributed by atoms with Crippen LogP contribution in [0.2, 0.25) is 5.02 Å². The highest BCUT2D eigenvalue weighted by Crippen LogP contribution is 2.27. The molecule has 1 aromatic heterocycles. The fraction of sp³-hybridized carbons (Fsp3) is 0.125. The third-order valence-electron chi connectivity index (χ3n) is 1.63. The van der Waals surface area contributed by atoms with Gasteiger partial charge in [-0.2, -0.15) is 0 Å². The van der Waals surface area contributed by atoms with E-state index in [1.165, 1.54) is 0 Å². The van der Waals surface area contributed by atoms with Crippen LogP contribution in [0.15, 0.2) is 17.6 Å². The van der Waals surface area contributed by atoms with Gasteiger partial charge in [-0.05, 0) is 18.6 Å². The first kappa shape index (κ1) is 7.07. The molecule has 1 heterocycles. The molecule has 0 fully saturated rings. The molecule has 3 heteroatoms. The van der Waals surface area contributed by atoms with Gasteiger partial charge in [0.05, 0.1) is 15.2 Å². The predicted octanol–water partition coefficient (Wildman–Crippen LogP) is 3.26. The Balaban J connectivity index is 2.93. The number of aromatic nitrogens is 1. The lowest BCUT2D eigenvalue weighted by Gasteiger charge is -1.95. The van der Waals surface area contributed by atoms with Crippen molar-refractivity contribution in [2.75, 3.05) is 0 Å². The van der Waals surface area contributed by atoms with Gasteiger partial charge in [0.25, 0.3) is 0 Å². The Morgan fingerprint density at radius 1 is 1.45 bits per heavy atom. The minimum atomic E-state index is 0.781. The zero-order valence-corrected chi connectivity index (χ0v) is 7.54. The summed E-state index contributed by atoms with van der Waals surface area (Å²) < 4.78 is 1.15. The van der Waals surface area contributed by atoms with Crippen LogP contribution in [0.1, 0.15) is 5.56 Å². The van der Waals surface area contributed by atoms with Crippen molar-refractivity contribution in [3.05, 3.63) is 28.2 Å². The molecule has 1 aromatic carbocycles. The van der Waals surface area contributed by atoms with Crippen LogP contribution in [-0.2, 0) is 0 Å². The molecular weight excluding hydrogens is 178 g/mol. The molecule has 11 heavy (non-hydrogen) atoms. The molecule has 0 spiro atoms. The van der Waals surface area contributed by atoms with Crippen molar-refractivity contribution in [3.8, 4) is 0 Å². The molecule has 0 bridgehead atoms. The fourth-order valence-corrected chi connectivity index (χ4v) is 1.95. The molecule has 0 atom stereocenters. The summed E-state index contributed by atoms with van der Waals surface area (Å²) in [5, 5.41) is 0.781. The Morgan fingerprint density at radius 3 is 3.09 bits per heavy atom. The summed E-state index contributed by atoms with van der Waals surface area (Å²) in [6.07, 6.45) is 0. The quantitative estimate of drug-likeness (QED) is 0.611. The van der Waals surface area contributed by atoms with Gasteiger partial charge in [0.2, 0.25) is 0 Å². The Hall–Kier alpha value is -0.600. The van der Waals surface area contributed by atoms with Crippen molar-refractivity contribution in [2.24, 2.45) is 0 Å². The van der Waals surface area contributed by atoms with Gasteiger partial charge in [-0.15, -0.1) is 11.3 Å². The van der Waals surface area contributed by atoms with Crippen molar-refractivity contribution in [1.29, 1.82) is 0 Å². The number of benzene rings is 1. The van der Waals surface area contributed by atoms with Gasteiger partial charge in [-0.1, -0.05) is 17.7 Å². The van der Waals surface area contributed by atoms with Crippen molar-refractivity contribution in [2.45, 2.75) is 6.92 Å². The third kappa shape index (κ3) is 1.03. The third-order valence-corrected chi connectivity index (χ3v) is 2.90. The highest BCUT2D eigenvalue weighted by molar-refractivity contribution is 7.16. The minimum absolute atomic E-state index is 0.781. The molecule has 56 valence electrons. The van der Waals surface area contributed by atoms with Gasteiger partial charge >= 0.3 is 0 Å². The Morgan fingerprint density at radius 2 is 2.27 bits per heavy atom. The Labute approximate surface area is 73.6 Å². The number of nitrogens with zero attached hydrogens (tertiary/aromatic N) is 1. The largest absolute Gasteiger partial charge is 0.243 e. The summed E-state index contributed by atoms with van der Waals surface area (Å²) in [5.74, 6) is 0. The van der Waals surface area contributed by atoms with Crippen LogP contribution in [0.25, 0.3) is 10.2 Å². The molecule has 0 saturated heterocycles. The van der Waals surface area contributed by atoms with E-state index in [-0.39, 0.29) is 0 Å². The maximum absolute atomic E-state index is 6.01. The van der Waals surface area contributed by atoms with Crippen molar-refractivity contribution < 1.29 is 0 Å². The lowest BCUT2D eigenvalue weighted by Crippen LogP contribution is -1.75. The molecule has 0 aliphatic rings. The van der Waals surface area contributed by atoms with Crippen molar-refractivity contribution in [1.82, 2.24) is 4.98 Å². The van der Waals surface area contributed by atoms with Crippen LogP contribution in [0, 0.1) is 6.92 Å². The second kappa shape index (κ2) is 2.47. The minimum Gasteiger partial charge on any atom is -0.243 e. The zero-order chi connectivity index (χ0) is 7.84. The van der Waals surface area contributed by atoms with Gasteiger partial charge in [-0.25, -0.2) is 4.98 Å². The number of aryl methyl sites for hydroxylation is 1. The van der Waals surface area contributed by atoms with Crippen molar-refractivity contribution in [3.63, 3.8) is 0 Å². The van der Waals surface area contributed by atoms with E-state index in [2.05, 4.69) is 4.98 Å². The second-order valence-corrected chi connectivity index (χ2v) is 3.66. The van der Waals surface area contributed by atoms with E-state index in [1.807, 2.05) is 24.6 Å². The molecule has 0 aliphatic carbocycles.